The first-order valence-corrected chi connectivity index (χ1v) is 6.68. The lowest BCUT2D eigenvalue weighted by Gasteiger charge is -2.08. The molecule has 0 radical (unpaired) electrons. The van der Waals surface area contributed by atoms with Gasteiger partial charge in [-0.1, -0.05) is 23.2 Å². The maximum atomic E-state index is 11.8. The van der Waals surface area contributed by atoms with Crippen molar-refractivity contribution in [1.82, 2.24) is 4.98 Å². The maximum Gasteiger partial charge on any atom is 0.343 e. The SMILES string of the molecule is CCN=C/C(C(=O)OCC)=C(/O)c1cc(Cl)ncc1Cl. The normalized spacial score (nSPS) is 12.4. The average molecular weight is 317 g/mol. The fraction of sp³-hybridized carbons (Fsp3) is 0.308. The molecule has 0 aromatic carbocycles. The largest absolute Gasteiger partial charge is 0.506 e. The number of aliphatic hydroxyl groups is 1. The van der Waals surface area contributed by atoms with E-state index in [9.17, 15) is 9.90 Å². The first-order chi connectivity index (χ1) is 9.51. The number of carbonyl (C=O) groups is 1. The lowest BCUT2D eigenvalue weighted by atomic mass is 10.1. The number of nitrogens with zero attached hydrogens (tertiary/aromatic N) is 2. The molecule has 7 heteroatoms. The summed E-state index contributed by atoms with van der Waals surface area (Å²) >= 11 is 11.7. The molecule has 0 unspecified atom stereocenters. The van der Waals surface area contributed by atoms with Gasteiger partial charge in [-0.3, -0.25) is 4.99 Å². The molecule has 1 aromatic rings. The van der Waals surface area contributed by atoms with E-state index >= 15 is 0 Å². The van der Waals surface area contributed by atoms with Crippen LogP contribution in [0, 0.1) is 0 Å². The van der Waals surface area contributed by atoms with Crippen molar-refractivity contribution in [1.29, 1.82) is 0 Å². The highest BCUT2D eigenvalue weighted by Crippen LogP contribution is 2.26. The molecule has 0 bridgehead atoms. The molecule has 5 nitrogen and oxygen atoms in total. The van der Waals surface area contributed by atoms with Gasteiger partial charge in [-0.15, -0.1) is 0 Å². The van der Waals surface area contributed by atoms with Crippen molar-refractivity contribution in [2.75, 3.05) is 13.2 Å². The third kappa shape index (κ3) is 4.21. The highest BCUT2D eigenvalue weighted by atomic mass is 35.5. The molecule has 0 aliphatic rings. The summed E-state index contributed by atoms with van der Waals surface area (Å²) in [7, 11) is 0. The Labute approximate surface area is 126 Å². The molecule has 1 rings (SSSR count). The van der Waals surface area contributed by atoms with Gasteiger partial charge >= 0.3 is 5.97 Å². The average Bonchev–Trinajstić information content (AvgIpc) is 2.42. The minimum Gasteiger partial charge on any atom is -0.506 e. The molecule has 108 valence electrons. The highest BCUT2D eigenvalue weighted by Gasteiger charge is 2.18. The molecule has 1 heterocycles. The van der Waals surface area contributed by atoms with Gasteiger partial charge in [0, 0.05) is 24.5 Å². The summed E-state index contributed by atoms with van der Waals surface area (Å²) in [6.07, 6.45) is 2.53. The van der Waals surface area contributed by atoms with E-state index in [0.717, 1.165) is 0 Å². The number of esters is 1. The summed E-state index contributed by atoms with van der Waals surface area (Å²) in [6, 6.07) is 1.36. The molecule has 0 amide bonds. The number of aliphatic hydroxyl groups excluding tert-OH is 1. The molecule has 0 aliphatic heterocycles. The van der Waals surface area contributed by atoms with E-state index in [1.54, 1.807) is 13.8 Å². The maximum absolute atomic E-state index is 11.8. The van der Waals surface area contributed by atoms with Crippen molar-refractivity contribution >= 4 is 41.1 Å². The van der Waals surface area contributed by atoms with Crippen LogP contribution in [-0.4, -0.2) is 35.4 Å². The molecule has 20 heavy (non-hydrogen) atoms. The number of carbonyl (C=O) groups excluding carboxylic acids is 1. The standard InChI is InChI=1S/C13H14Cl2N2O3/c1-3-16-6-9(13(19)20-4-2)12(18)8-5-11(15)17-7-10(8)14/h5-7,18H,3-4H2,1-2H3/b12-9-,16-6?. The van der Waals surface area contributed by atoms with Gasteiger partial charge in [0.25, 0.3) is 0 Å². The number of ether oxygens (including phenoxy) is 1. The third-order valence-corrected chi connectivity index (χ3v) is 2.74. The Morgan fingerprint density at radius 2 is 2.20 bits per heavy atom. The Bertz CT molecular complexity index is 557. The molecule has 0 saturated carbocycles. The zero-order chi connectivity index (χ0) is 15.1. The van der Waals surface area contributed by atoms with Crippen molar-refractivity contribution in [3.63, 3.8) is 0 Å². The third-order valence-electron chi connectivity index (χ3n) is 2.23. The predicted molar refractivity (Wildman–Crippen MR) is 79.5 cm³/mol. The number of hydrogen-bond acceptors (Lipinski definition) is 5. The van der Waals surface area contributed by atoms with Crippen LogP contribution in [0.3, 0.4) is 0 Å². The second-order valence-corrected chi connectivity index (χ2v) is 4.39. The summed E-state index contributed by atoms with van der Waals surface area (Å²) in [5.74, 6) is -1.04. The van der Waals surface area contributed by atoms with E-state index in [2.05, 4.69) is 9.98 Å². The topological polar surface area (TPSA) is 71.8 Å². The molecule has 0 aliphatic carbocycles. The van der Waals surface area contributed by atoms with Crippen LogP contribution in [0.25, 0.3) is 5.76 Å². The van der Waals surface area contributed by atoms with E-state index in [1.807, 2.05) is 0 Å². The summed E-state index contributed by atoms with van der Waals surface area (Å²) in [5.41, 5.74) is 0.107. The smallest absolute Gasteiger partial charge is 0.343 e. The second-order valence-electron chi connectivity index (χ2n) is 3.60. The van der Waals surface area contributed by atoms with Gasteiger partial charge in [0.15, 0.2) is 0 Å². The number of hydrogen-bond donors (Lipinski definition) is 1. The van der Waals surface area contributed by atoms with Gasteiger partial charge in [-0.05, 0) is 19.9 Å². The molecule has 0 saturated heterocycles. The van der Waals surface area contributed by atoms with Crippen molar-refractivity contribution in [3.05, 3.63) is 33.6 Å². The van der Waals surface area contributed by atoms with Crippen LogP contribution in [0.5, 0.6) is 0 Å². The van der Waals surface area contributed by atoms with Crippen LogP contribution in [0.1, 0.15) is 19.4 Å². The summed E-state index contributed by atoms with van der Waals surface area (Å²) in [4.78, 5) is 19.6. The number of halogens is 2. The second kappa shape index (κ2) is 7.87. The van der Waals surface area contributed by atoms with Gasteiger partial charge in [0.1, 0.15) is 16.5 Å². The van der Waals surface area contributed by atoms with Crippen LogP contribution in [0.4, 0.5) is 0 Å². The zero-order valence-corrected chi connectivity index (χ0v) is 12.6. The van der Waals surface area contributed by atoms with Crippen LogP contribution in [0.15, 0.2) is 22.8 Å². The van der Waals surface area contributed by atoms with Gasteiger partial charge in [0.05, 0.1) is 11.6 Å². The van der Waals surface area contributed by atoms with E-state index in [4.69, 9.17) is 27.9 Å². The van der Waals surface area contributed by atoms with Crippen LogP contribution in [-0.2, 0) is 9.53 Å². The Morgan fingerprint density at radius 1 is 1.50 bits per heavy atom. The highest BCUT2D eigenvalue weighted by molar-refractivity contribution is 6.34. The van der Waals surface area contributed by atoms with E-state index in [1.165, 1.54) is 18.5 Å². The van der Waals surface area contributed by atoms with E-state index in [-0.39, 0.29) is 33.7 Å². The van der Waals surface area contributed by atoms with Crippen molar-refractivity contribution in [2.24, 2.45) is 4.99 Å². The number of rotatable bonds is 5. The zero-order valence-electron chi connectivity index (χ0n) is 11.1. The van der Waals surface area contributed by atoms with Crippen molar-refractivity contribution < 1.29 is 14.6 Å². The lowest BCUT2D eigenvalue weighted by molar-refractivity contribution is -0.137. The molecule has 1 N–H and O–H groups in total. The lowest BCUT2D eigenvalue weighted by Crippen LogP contribution is -2.11. The predicted octanol–water partition coefficient (Wildman–Crippen LogP) is 3.31. The summed E-state index contributed by atoms with van der Waals surface area (Å²) in [6.45, 7) is 4.11. The fourth-order valence-electron chi connectivity index (χ4n) is 1.34. The van der Waals surface area contributed by atoms with Gasteiger partial charge in [-0.25, -0.2) is 9.78 Å². The minimum absolute atomic E-state index is 0.0853. The first kappa shape index (κ1) is 16.5. The molecular formula is C13H14Cl2N2O3. The monoisotopic (exact) mass is 316 g/mol. The van der Waals surface area contributed by atoms with E-state index < -0.39 is 5.97 Å². The summed E-state index contributed by atoms with van der Waals surface area (Å²) in [5, 5.41) is 10.5. The molecule has 1 aromatic heterocycles. The van der Waals surface area contributed by atoms with Crippen molar-refractivity contribution in [2.45, 2.75) is 13.8 Å². The summed E-state index contributed by atoms with van der Waals surface area (Å²) < 4.78 is 4.87. The molecule has 0 atom stereocenters. The Balaban J connectivity index is 3.35. The van der Waals surface area contributed by atoms with Crippen molar-refractivity contribution in [3.8, 4) is 0 Å². The quantitative estimate of drug-likeness (QED) is 0.297. The fourth-order valence-corrected chi connectivity index (χ4v) is 1.69. The number of aromatic nitrogens is 1. The Hall–Kier alpha value is -1.59. The number of pyridine rings is 1. The van der Waals surface area contributed by atoms with Crippen LogP contribution in [0.2, 0.25) is 10.2 Å². The van der Waals surface area contributed by atoms with Crippen LogP contribution >= 0.6 is 23.2 Å². The molecular weight excluding hydrogens is 303 g/mol. The molecule has 0 fully saturated rings. The van der Waals surface area contributed by atoms with E-state index in [0.29, 0.717) is 6.54 Å². The van der Waals surface area contributed by atoms with Gasteiger partial charge < -0.3 is 9.84 Å². The number of aliphatic imine (C=N–C) groups is 1. The Morgan fingerprint density at radius 3 is 2.80 bits per heavy atom. The Kier molecular flexibility index (Phi) is 6.48. The first-order valence-electron chi connectivity index (χ1n) is 5.92. The van der Waals surface area contributed by atoms with Gasteiger partial charge in [-0.2, -0.15) is 0 Å². The minimum atomic E-state index is -0.689. The molecule has 0 spiro atoms. The van der Waals surface area contributed by atoms with Crippen LogP contribution < -0.4 is 0 Å². The van der Waals surface area contributed by atoms with Gasteiger partial charge in [0.2, 0.25) is 0 Å².